The first-order chi connectivity index (χ1) is 11.2. The molecule has 0 bridgehead atoms. The topological polar surface area (TPSA) is 91.5 Å². The van der Waals surface area contributed by atoms with E-state index in [0.717, 1.165) is 42.1 Å². The maximum absolute atomic E-state index is 9.57. The Morgan fingerprint density at radius 2 is 2.30 bits per heavy atom. The van der Waals surface area contributed by atoms with Crippen LogP contribution in [-0.2, 0) is 13.0 Å². The number of likely N-dealkylation sites (N-methyl/N-ethyl adjacent to an activating group) is 1. The van der Waals surface area contributed by atoms with E-state index in [-0.39, 0.29) is 0 Å². The fourth-order valence-corrected chi connectivity index (χ4v) is 4.35. The number of rotatable bonds is 4. The van der Waals surface area contributed by atoms with Crippen LogP contribution in [0.3, 0.4) is 0 Å². The number of hydrogen-bond donors (Lipinski definition) is 2. The van der Waals surface area contributed by atoms with Gasteiger partial charge in [-0.25, -0.2) is 0 Å². The third kappa shape index (κ3) is 2.44. The first-order valence-electron chi connectivity index (χ1n) is 7.84. The van der Waals surface area contributed by atoms with Gasteiger partial charge in [-0.2, -0.15) is 9.50 Å². The minimum atomic E-state index is -0.441. The minimum Gasteiger partial charge on any atom is -0.392 e. The number of thiophene rings is 1. The summed E-state index contributed by atoms with van der Waals surface area (Å²) >= 11 is 1.74. The average Bonchev–Trinajstić information content (AvgIpc) is 3.15. The van der Waals surface area contributed by atoms with E-state index in [4.69, 9.17) is 0 Å². The summed E-state index contributed by atoms with van der Waals surface area (Å²) in [4.78, 5) is 9.37. The van der Waals surface area contributed by atoms with Crippen molar-refractivity contribution >= 4 is 33.1 Å². The molecule has 1 aliphatic heterocycles. The monoisotopic (exact) mass is 333 g/mol. The van der Waals surface area contributed by atoms with Crippen molar-refractivity contribution < 1.29 is 5.11 Å². The van der Waals surface area contributed by atoms with E-state index in [2.05, 4.69) is 37.6 Å². The van der Waals surface area contributed by atoms with E-state index in [1.54, 1.807) is 22.8 Å². The Hall–Kier alpha value is -1.84. The molecular weight excluding hydrogens is 314 g/mol. The number of fused-ring (bicyclic) bond motifs is 5. The molecular formula is C14H19N7OS. The quantitative estimate of drug-likeness (QED) is 0.733. The van der Waals surface area contributed by atoms with Gasteiger partial charge in [-0.15, -0.1) is 11.3 Å². The summed E-state index contributed by atoms with van der Waals surface area (Å²) in [5.41, 5.74) is 1.34. The van der Waals surface area contributed by atoms with E-state index in [9.17, 15) is 5.11 Å². The van der Waals surface area contributed by atoms with Crippen molar-refractivity contribution in [3.63, 3.8) is 0 Å². The molecule has 23 heavy (non-hydrogen) atoms. The van der Waals surface area contributed by atoms with Gasteiger partial charge in [0.1, 0.15) is 10.6 Å². The van der Waals surface area contributed by atoms with Gasteiger partial charge in [-0.05, 0) is 35.9 Å². The third-order valence-corrected chi connectivity index (χ3v) is 5.42. The highest BCUT2D eigenvalue weighted by molar-refractivity contribution is 7.19. The predicted molar refractivity (Wildman–Crippen MR) is 88.8 cm³/mol. The van der Waals surface area contributed by atoms with Crippen molar-refractivity contribution in [3.05, 3.63) is 10.4 Å². The van der Waals surface area contributed by atoms with Gasteiger partial charge < -0.3 is 10.4 Å². The molecule has 1 atom stereocenters. The van der Waals surface area contributed by atoms with E-state index in [0.29, 0.717) is 12.3 Å². The number of aliphatic hydroxyl groups excluding tert-OH is 1. The molecule has 0 amide bonds. The SMILES string of the molecule is CCN1CCc2c(sc3c2c(NC[C@H](C)O)nc2nnnn23)C1. The predicted octanol–water partition coefficient (Wildman–Crippen LogP) is 0.905. The maximum atomic E-state index is 9.57. The van der Waals surface area contributed by atoms with Gasteiger partial charge in [0.2, 0.25) is 0 Å². The van der Waals surface area contributed by atoms with Gasteiger partial charge in [0.05, 0.1) is 11.5 Å². The van der Waals surface area contributed by atoms with Crippen LogP contribution in [0.4, 0.5) is 5.82 Å². The van der Waals surface area contributed by atoms with Gasteiger partial charge in [0.15, 0.2) is 0 Å². The standard InChI is InChI=1S/C14H19N7OS/c1-3-20-5-4-9-10(7-20)23-13-11(9)12(15-6-8(2)22)16-14-17-18-19-21(13)14/h8,22H,3-7H2,1-2H3,(H,15,16,17,19)/t8-/m0/s1. The number of tetrazole rings is 1. The van der Waals surface area contributed by atoms with Crippen LogP contribution in [0.1, 0.15) is 24.3 Å². The van der Waals surface area contributed by atoms with Crippen LogP contribution in [0.5, 0.6) is 0 Å². The lowest BCUT2D eigenvalue weighted by molar-refractivity contribution is 0.208. The van der Waals surface area contributed by atoms with Crippen molar-refractivity contribution in [2.75, 3.05) is 25.0 Å². The summed E-state index contributed by atoms with van der Waals surface area (Å²) in [7, 11) is 0. The maximum Gasteiger partial charge on any atom is 0.276 e. The lowest BCUT2D eigenvalue weighted by atomic mass is 10.0. The molecule has 0 radical (unpaired) electrons. The highest BCUT2D eigenvalue weighted by atomic mass is 32.1. The number of nitrogens with one attached hydrogen (secondary N) is 1. The molecule has 0 fully saturated rings. The molecule has 9 heteroatoms. The molecule has 0 saturated carbocycles. The smallest absolute Gasteiger partial charge is 0.276 e. The zero-order valence-corrected chi connectivity index (χ0v) is 14.0. The van der Waals surface area contributed by atoms with Crippen molar-refractivity contribution in [2.24, 2.45) is 0 Å². The Labute approximate surface area is 137 Å². The molecule has 8 nitrogen and oxygen atoms in total. The lowest BCUT2D eigenvalue weighted by Gasteiger charge is -2.25. The van der Waals surface area contributed by atoms with Crippen LogP contribution in [0.2, 0.25) is 0 Å². The first-order valence-corrected chi connectivity index (χ1v) is 8.65. The molecule has 0 unspecified atom stereocenters. The molecule has 4 rings (SSSR count). The average molecular weight is 333 g/mol. The van der Waals surface area contributed by atoms with Crippen LogP contribution in [0.15, 0.2) is 0 Å². The molecule has 122 valence electrons. The van der Waals surface area contributed by atoms with Crippen LogP contribution in [0, 0.1) is 0 Å². The lowest BCUT2D eigenvalue weighted by Crippen LogP contribution is -2.29. The van der Waals surface area contributed by atoms with Crippen molar-refractivity contribution in [1.29, 1.82) is 0 Å². The largest absolute Gasteiger partial charge is 0.392 e. The van der Waals surface area contributed by atoms with Gasteiger partial charge in [0, 0.05) is 24.5 Å². The molecule has 0 aliphatic carbocycles. The Morgan fingerprint density at radius 3 is 3.09 bits per heavy atom. The molecule has 1 aliphatic rings. The second-order valence-corrected chi connectivity index (χ2v) is 6.97. The summed E-state index contributed by atoms with van der Waals surface area (Å²) < 4.78 is 1.71. The van der Waals surface area contributed by atoms with Gasteiger partial charge in [0.25, 0.3) is 5.78 Å². The fraction of sp³-hybridized carbons (Fsp3) is 0.571. The van der Waals surface area contributed by atoms with E-state index < -0.39 is 6.10 Å². The number of anilines is 1. The molecule has 2 N–H and O–H groups in total. The number of aliphatic hydroxyl groups is 1. The van der Waals surface area contributed by atoms with Gasteiger partial charge in [-0.1, -0.05) is 12.0 Å². The van der Waals surface area contributed by atoms with Crippen molar-refractivity contribution in [2.45, 2.75) is 32.9 Å². The highest BCUT2D eigenvalue weighted by Crippen LogP contribution is 2.38. The minimum absolute atomic E-state index is 0.441. The second kappa shape index (κ2) is 5.66. The van der Waals surface area contributed by atoms with E-state index in [1.807, 2.05) is 0 Å². The van der Waals surface area contributed by atoms with Gasteiger partial charge >= 0.3 is 0 Å². The number of aromatic nitrogens is 5. The van der Waals surface area contributed by atoms with Crippen molar-refractivity contribution in [3.8, 4) is 0 Å². The van der Waals surface area contributed by atoms with Crippen molar-refractivity contribution in [1.82, 2.24) is 29.9 Å². The number of hydrogen-bond acceptors (Lipinski definition) is 8. The highest BCUT2D eigenvalue weighted by Gasteiger charge is 2.25. The summed E-state index contributed by atoms with van der Waals surface area (Å²) in [6, 6.07) is 0. The summed E-state index contributed by atoms with van der Waals surface area (Å²) in [6.45, 7) is 7.47. The molecule has 0 saturated heterocycles. The molecule has 4 heterocycles. The Bertz CT molecular complexity index is 856. The molecule has 3 aromatic rings. The molecule has 0 aromatic carbocycles. The second-order valence-electron chi connectivity index (χ2n) is 5.88. The first kappa shape index (κ1) is 14.7. The van der Waals surface area contributed by atoms with Crippen LogP contribution in [0.25, 0.3) is 16.0 Å². The van der Waals surface area contributed by atoms with E-state index >= 15 is 0 Å². The molecule has 0 spiro atoms. The summed E-state index contributed by atoms with van der Waals surface area (Å²) in [5, 5.41) is 25.7. The summed E-state index contributed by atoms with van der Waals surface area (Å²) in [6.07, 6.45) is 0.561. The zero-order chi connectivity index (χ0) is 16.0. The van der Waals surface area contributed by atoms with Crippen LogP contribution >= 0.6 is 11.3 Å². The fourth-order valence-electron chi connectivity index (χ4n) is 3.02. The zero-order valence-electron chi connectivity index (χ0n) is 13.2. The normalized spacial score (nSPS) is 16.8. The van der Waals surface area contributed by atoms with Crippen LogP contribution in [-0.4, -0.2) is 60.8 Å². The summed E-state index contributed by atoms with van der Waals surface area (Å²) in [5.74, 6) is 1.25. The van der Waals surface area contributed by atoms with E-state index in [1.165, 1.54) is 10.4 Å². The Morgan fingerprint density at radius 1 is 1.43 bits per heavy atom. The Balaban J connectivity index is 1.90. The van der Waals surface area contributed by atoms with Crippen LogP contribution < -0.4 is 5.32 Å². The third-order valence-electron chi connectivity index (χ3n) is 4.22. The number of nitrogens with zero attached hydrogens (tertiary/aromatic N) is 6. The molecule has 3 aromatic heterocycles. The Kier molecular flexibility index (Phi) is 3.63. The van der Waals surface area contributed by atoms with Gasteiger partial charge in [-0.3, -0.25) is 4.90 Å².